The summed E-state index contributed by atoms with van der Waals surface area (Å²) in [6.07, 6.45) is 3.63. The van der Waals surface area contributed by atoms with Crippen molar-refractivity contribution >= 4 is 22.8 Å². The zero-order chi connectivity index (χ0) is 15.9. The maximum absolute atomic E-state index is 12.4. The monoisotopic (exact) mass is 300 g/mol. The number of H-pyrrole nitrogens is 2. The predicted molar refractivity (Wildman–Crippen MR) is 82.0 cm³/mol. The van der Waals surface area contributed by atoms with E-state index in [-0.39, 0.29) is 11.0 Å². The van der Waals surface area contributed by atoms with E-state index < -0.39 is 5.91 Å². The first-order chi connectivity index (χ1) is 10.5. The minimum atomic E-state index is -0.496. The first-order valence-electron chi connectivity index (χ1n) is 6.91. The van der Waals surface area contributed by atoms with E-state index in [1.165, 1.54) is 12.4 Å². The summed E-state index contributed by atoms with van der Waals surface area (Å²) < 4.78 is 1.55. The van der Waals surface area contributed by atoms with Crippen molar-refractivity contribution in [1.82, 2.24) is 25.0 Å². The third-order valence-electron chi connectivity index (χ3n) is 3.72. The fourth-order valence-corrected chi connectivity index (χ4v) is 2.37. The number of anilines is 1. The van der Waals surface area contributed by atoms with E-state index in [1.807, 2.05) is 13.8 Å². The fourth-order valence-electron chi connectivity index (χ4n) is 2.37. The number of carbonyl (C=O) groups is 1. The molecule has 0 radical (unpaired) electrons. The lowest BCUT2D eigenvalue weighted by Crippen LogP contribution is -2.22. The van der Waals surface area contributed by atoms with Gasteiger partial charge in [0, 0.05) is 24.5 Å². The topological polar surface area (TPSA) is 108 Å². The Morgan fingerprint density at radius 1 is 1.45 bits per heavy atom. The van der Waals surface area contributed by atoms with Crippen molar-refractivity contribution in [2.24, 2.45) is 7.05 Å². The van der Waals surface area contributed by atoms with Crippen LogP contribution < -0.4 is 10.7 Å². The summed E-state index contributed by atoms with van der Waals surface area (Å²) in [5.74, 6) is -0.0585. The molecule has 0 aromatic carbocycles. The fraction of sp³-hybridized carbons (Fsp3) is 0.286. The smallest absolute Gasteiger partial charge is 0.262 e. The van der Waals surface area contributed by atoms with E-state index >= 15 is 0 Å². The van der Waals surface area contributed by atoms with Crippen LogP contribution in [0.4, 0.5) is 5.82 Å². The number of rotatable bonds is 3. The normalized spacial score (nSPS) is 11.0. The van der Waals surface area contributed by atoms with Crippen LogP contribution in [-0.4, -0.2) is 30.9 Å². The molecule has 3 aromatic heterocycles. The van der Waals surface area contributed by atoms with E-state index in [1.54, 1.807) is 11.7 Å². The number of hydrogen-bond donors (Lipinski definition) is 3. The molecule has 0 spiro atoms. The van der Waals surface area contributed by atoms with E-state index in [2.05, 4.69) is 25.6 Å². The van der Waals surface area contributed by atoms with Gasteiger partial charge in [0.2, 0.25) is 5.43 Å². The molecule has 1 amide bonds. The van der Waals surface area contributed by atoms with Crippen molar-refractivity contribution in [2.45, 2.75) is 20.3 Å². The summed E-state index contributed by atoms with van der Waals surface area (Å²) in [5.41, 5.74) is 2.07. The Morgan fingerprint density at radius 3 is 2.91 bits per heavy atom. The quantitative estimate of drug-likeness (QED) is 0.673. The number of aryl methyl sites for hydroxylation is 2. The Labute approximate surface area is 125 Å². The van der Waals surface area contributed by atoms with Gasteiger partial charge in [-0.3, -0.25) is 19.4 Å². The lowest BCUT2D eigenvalue weighted by Gasteiger charge is -2.03. The third-order valence-corrected chi connectivity index (χ3v) is 3.72. The maximum atomic E-state index is 12.4. The van der Waals surface area contributed by atoms with Gasteiger partial charge in [-0.1, -0.05) is 6.92 Å². The van der Waals surface area contributed by atoms with Crippen molar-refractivity contribution in [3.63, 3.8) is 0 Å². The summed E-state index contributed by atoms with van der Waals surface area (Å²) in [5, 5.41) is 14.0. The van der Waals surface area contributed by atoms with Gasteiger partial charge in [-0.2, -0.15) is 10.2 Å². The molecule has 8 heteroatoms. The highest BCUT2D eigenvalue weighted by Crippen LogP contribution is 2.16. The van der Waals surface area contributed by atoms with Crippen molar-refractivity contribution in [3.05, 3.63) is 39.4 Å². The summed E-state index contributed by atoms with van der Waals surface area (Å²) in [4.78, 5) is 27.6. The van der Waals surface area contributed by atoms with Gasteiger partial charge < -0.3 is 10.3 Å². The van der Waals surface area contributed by atoms with Gasteiger partial charge in [-0.15, -0.1) is 0 Å². The van der Waals surface area contributed by atoms with Crippen molar-refractivity contribution in [3.8, 4) is 0 Å². The molecule has 0 atom stereocenters. The first kappa shape index (κ1) is 14.1. The van der Waals surface area contributed by atoms with Crippen LogP contribution in [0, 0.1) is 6.92 Å². The van der Waals surface area contributed by atoms with Gasteiger partial charge in [0.05, 0.1) is 11.6 Å². The largest absolute Gasteiger partial charge is 0.345 e. The second-order valence-corrected chi connectivity index (χ2v) is 5.05. The molecule has 0 unspecified atom stereocenters. The molecular formula is C14H16N6O2. The summed E-state index contributed by atoms with van der Waals surface area (Å²) >= 11 is 0. The van der Waals surface area contributed by atoms with Crippen LogP contribution in [-0.2, 0) is 13.5 Å². The predicted octanol–water partition coefficient (Wildman–Crippen LogP) is 1.11. The number of nitrogens with one attached hydrogen (secondary N) is 3. The molecule has 114 valence electrons. The molecule has 0 saturated heterocycles. The maximum Gasteiger partial charge on any atom is 0.262 e. The van der Waals surface area contributed by atoms with Gasteiger partial charge in [-0.05, 0) is 13.3 Å². The summed E-state index contributed by atoms with van der Waals surface area (Å²) in [6.45, 7) is 3.86. The van der Waals surface area contributed by atoms with Gasteiger partial charge in [-0.25, -0.2) is 0 Å². The van der Waals surface area contributed by atoms with Crippen molar-refractivity contribution in [2.75, 3.05) is 5.32 Å². The minimum Gasteiger partial charge on any atom is -0.345 e. The number of nitrogens with zero attached hydrogens (tertiary/aromatic N) is 3. The van der Waals surface area contributed by atoms with Gasteiger partial charge in [0.15, 0.2) is 5.82 Å². The summed E-state index contributed by atoms with van der Waals surface area (Å²) in [6, 6.07) is 0. The van der Waals surface area contributed by atoms with E-state index in [0.717, 1.165) is 17.7 Å². The first-order valence-corrected chi connectivity index (χ1v) is 6.91. The molecule has 0 aliphatic rings. The number of hydrogen-bond acceptors (Lipinski definition) is 4. The molecule has 3 aromatic rings. The highest BCUT2D eigenvalue weighted by Gasteiger charge is 2.17. The number of fused-ring (bicyclic) bond motifs is 1. The second-order valence-electron chi connectivity index (χ2n) is 5.05. The SMILES string of the molecule is CCc1[nH]nc(NC(=O)c2c[nH]c3c(cnn3C)c2=O)c1C. The number of amides is 1. The van der Waals surface area contributed by atoms with E-state index in [4.69, 9.17) is 0 Å². The molecule has 3 N–H and O–H groups in total. The molecule has 0 fully saturated rings. The zero-order valence-corrected chi connectivity index (χ0v) is 12.5. The molecule has 3 heterocycles. The van der Waals surface area contributed by atoms with Gasteiger partial charge in [0.25, 0.3) is 5.91 Å². The van der Waals surface area contributed by atoms with Crippen LogP contribution in [0.25, 0.3) is 11.0 Å². The number of carbonyl (C=O) groups excluding carboxylic acids is 1. The average Bonchev–Trinajstić information content (AvgIpc) is 3.04. The van der Waals surface area contributed by atoms with Crippen molar-refractivity contribution in [1.29, 1.82) is 0 Å². The molecule has 0 saturated carbocycles. The van der Waals surface area contributed by atoms with Crippen molar-refractivity contribution < 1.29 is 4.79 Å². The summed E-state index contributed by atoms with van der Waals surface area (Å²) in [7, 11) is 1.72. The molecular weight excluding hydrogens is 284 g/mol. The Bertz CT molecular complexity index is 917. The molecule has 22 heavy (non-hydrogen) atoms. The highest BCUT2D eigenvalue weighted by molar-refractivity contribution is 6.05. The molecule has 8 nitrogen and oxygen atoms in total. The number of pyridine rings is 1. The van der Waals surface area contributed by atoms with Gasteiger partial charge >= 0.3 is 0 Å². The molecule has 0 aliphatic heterocycles. The van der Waals surface area contributed by atoms with Crippen LogP contribution in [0.2, 0.25) is 0 Å². The van der Waals surface area contributed by atoms with Crippen LogP contribution in [0.1, 0.15) is 28.5 Å². The van der Waals surface area contributed by atoms with Crippen LogP contribution in [0.5, 0.6) is 0 Å². The molecule has 3 rings (SSSR count). The molecule has 0 bridgehead atoms. The second kappa shape index (κ2) is 5.14. The minimum absolute atomic E-state index is 0.0287. The highest BCUT2D eigenvalue weighted by atomic mass is 16.2. The Kier molecular flexibility index (Phi) is 3.28. The standard InChI is InChI=1S/C14H16N6O2/c1-4-10-7(2)12(19-18-10)17-14(22)9-5-15-13-8(11(9)21)6-16-20(13)3/h5-6H,4H2,1-3H3,(H,15,21)(H2,17,18,19,22). The van der Waals surface area contributed by atoms with Crippen LogP contribution in [0.15, 0.2) is 17.2 Å². The Hall–Kier alpha value is -2.90. The average molecular weight is 300 g/mol. The lowest BCUT2D eigenvalue weighted by molar-refractivity contribution is 0.102. The van der Waals surface area contributed by atoms with E-state index in [0.29, 0.717) is 16.9 Å². The lowest BCUT2D eigenvalue weighted by atomic mass is 10.2. The Balaban J connectivity index is 1.97. The Morgan fingerprint density at radius 2 is 2.23 bits per heavy atom. The van der Waals surface area contributed by atoms with E-state index in [9.17, 15) is 9.59 Å². The zero-order valence-electron chi connectivity index (χ0n) is 12.5. The van der Waals surface area contributed by atoms with Gasteiger partial charge in [0.1, 0.15) is 11.2 Å². The third kappa shape index (κ3) is 2.09. The number of aromatic amines is 2. The van der Waals surface area contributed by atoms with Crippen LogP contribution in [0.3, 0.4) is 0 Å². The van der Waals surface area contributed by atoms with Crippen LogP contribution >= 0.6 is 0 Å². The molecule has 0 aliphatic carbocycles. The number of aromatic nitrogens is 5.